The van der Waals surface area contributed by atoms with Gasteiger partial charge in [-0.3, -0.25) is 0 Å². The van der Waals surface area contributed by atoms with E-state index in [4.69, 9.17) is 0 Å². The van der Waals surface area contributed by atoms with Crippen LogP contribution in [-0.4, -0.2) is 0 Å². The van der Waals surface area contributed by atoms with E-state index in [1.807, 2.05) is 0 Å². The summed E-state index contributed by atoms with van der Waals surface area (Å²) in [5.74, 6) is 0. The van der Waals surface area contributed by atoms with Crippen LogP contribution in [0.25, 0.3) is 21.9 Å². The van der Waals surface area contributed by atoms with Crippen LogP contribution in [0.15, 0.2) is 57.5 Å². The fourth-order valence-electron chi connectivity index (χ4n) is 2.99. The fraction of sp³-hybridized carbons (Fsp3) is 0.0588. The van der Waals surface area contributed by atoms with Crippen molar-refractivity contribution in [2.24, 2.45) is 0 Å². The lowest BCUT2D eigenvalue weighted by molar-refractivity contribution is 1.26. The molecule has 1 aliphatic rings. The summed E-state index contributed by atoms with van der Waals surface area (Å²) in [5, 5.41) is 2.63. The molecule has 0 amide bonds. The minimum atomic E-state index is 1.03. The van der Waals surface area contributed by atoms with Gasteiger partial charge in [-0.25, -0.2) is 0 Å². The van der Waals surface area contributed by atoms with Crippen molar-refractivity contribution in [2.75, 3.05) is 0 Å². The van der Waals surface area contributed by atoms with Crippen molar-refractivity contribution in [1.82, 2.24) is 0 Å². The summed E-state index contributed by atoms with van der Waals surface area (Å²) in [7, 11) is 0. The van der Waals surface area contributed by atoms with Gasteiger partial charge in [-0.2, -0.15) is 0 Å². The third-order valence-corrected chi connectivity index (χ3v) is 5.00. The van der Waals surface area contributed by atoms with Gasteiger partial charge in [-0.15, -0.1) is 0 Å². The quantitative estimate of drug-likeness (QED) is 0.358. The monoisotopic (exact) mass is 372 g/mol. The van der Waals surface area contributed by atoms with Gasteiger partial charge in [0.1, 0.15) is 0 Å². The summed E-state index contributed by atoms with van der Waals surface area (Å²) < 4.78 is 2.32. The van der Waals surface area contributed by atoms with Crippen LogP contribution in [0, 0.1) is 0 Å². The number of rotatable bonds is 0. The van der Waals surface area contributed by atoms with E-state index in [-0.39, 0.29) is 0 Å². The Balaban J connectivity index is 2.13. The summed E-state index contributed by atoms with van der Waals surface area (Å²) in [6, 6.07) is 17.5. The first-order valence-corrected chi connectivity index (χ1v) is 7.81. The predicted molar refractivity (Wildman–Crippen MR) is 87.6 cm³/mol. The zero-order valence-electron chi connectivity index (χ0n) is 10.1. The minimum absolute atomic E-state index is 1.03. The molecule has 1 aliphatic carbocycles. The van der Waals surface area contributed by atoms with E-state index in [9.17, 15) is 0 Å². The Morgan fingerprint density at radius 2 is 1.68 bits per heavy atom. The molecular weight excluding hydrogens is 364 g/mol. The highest BCUT2D eigenvalue weighted by Gasteiger charge is 2.21. The Kier molecular flexibility index (Phi) is 2.58. The van der Waals surface area contributed by atoms with Gasteiger partial charge in [0.25, 0.3) is 0 Å². The molecule has 3 aromatic rings. The largest absolute Gasteiger partial charge is 0.0605 e. The second-order valence-electron chi connectivity index (χ2n) is 4.91. The van der Waals surface area contributed by atoms with Crippen molar-refractivity contribution in [3.8, 4) is 11.1 Å². The van der Waals surface area contributed by atoms with Gasteiger partial charge < -0.3 is 0 Å². The highest BCUT2D eigenvalue weighted by atomic mass is 79.9. The van der Waals surface area contributed by atoms with Crippen molar-refractivity contribution in [3.05, 3.63) is 68.6 Å². The molecule has 19 heavy (non-hydrogen) atoms. The van der Waals surface area contributed by atoms with Gasteiger partial charge in [0.2, 0.25) is 0 Å². The third kappa shape index (κ3) is 1.70. The lowest BCUT2D eigenvalue weighted by Crippen LogP contribution is -1.83. The molecule has 0 atom stereocenters. The summed E-state index contributed by atoms with van der Waals surface area (Å²) in [5.41, 5.74) is 5.62. The first-order chi connectivity index (χ1) is 9.24. The maximum Gasteiger partial charge on any atom is 0.0253 e. The van der Waals surface area contributed by atoms with Crippen LogP contribution >= 0.6 is 31.9 Å². The summed E-state index contributed by atoms with van der Waals surface area (Å²) >= 11 is 7.21. The van der Waals surface area contributed by atoms with Gasteiger partial charge in [0, 0.05) is 8.95 Å². The van der Waals surface area contributed by atoms with Gasteiger partial charge in [0.05, 0.1) is 0 Å². The summed E-state index contributed by atoms with van der Waals surface area (Å²) in [6.45, 7) is 0. The molecule has 0 radical (unpaired) electrons. The van der Waals surface area contributed by atoms with Crippen molar-refractivity contribution >= 4 is 42.6 Å². The summed E-state index contributed by atoms with van der Waals surface area (Å²) in [6.07, 6.45) is 1.03. The van der Waals surface area contributed by atoms with Gasteiger partial charge in [-0.05, 0) is 57.6 Å². The molecule has 0 nitrogen and oxygen atoms in total. The molecule has 0 unspecified atom stereocenters. The molecule has 0 N–H and O–H groups in total. The zero-order chi connectivity index (χ0) is 13.0. The van der Waals surface area contributed by atoms with Crippen LogP contribution in [0.4, 0.5) is 0 Å². The van der Waals surface area contributed by atoms with Crippen molar-refractivity contribution in [3.63, 3.8) is 0 Å². The molecule has 0 aromatic heterocycles. The Morgan fingerprint density at radius 3 is 2.58 bits per heavy atom. The molecule has 0 fully saturated rings. The van der Waals surface area contributed by atoms with E-state index in [1.54, 1.807) is 0 Å². The van der Waals surface area contributed by atoms with Crippen LogP contribution in [-0.2, 0) is 6.42 Å². The molecule has 3 aromatic carbocycles. The molecule has 0 saturated carbocycles. The lowest BCUT2D eigenvalue weighted by Gasteiger charge is -2.08. The van der Waals surface area contributed by atoms with Gasteiger partial charge in [0.15, 0.2) is 0 Å². The average Bonchev–Trinajstić information content (AvgIpc) is 2.76. The molecule has 2 heteroatoms. The lowest BCUT2D eigenvalue weighted by atomic mass is 9.98. The molecule has 4 rings (SSSR count). The zero-order valence-corrected chi connectivity index (χ0v) is 13.3. The molecule has 0 saturated heterocycles. The van der Waals surface area contributed by atoms with E-state index in [2.05, 4.69) is 80.4 Å². The van der Waals surface area contributed by atoms with Gasteiger partial charge in [-0.1, -0.05) is 62.2 Å². The van der Waals surface area contributed by atoms with E-state index in [0.29, 0.717) is 0 Å². The third-order valence-electron chi connectivity index (χ3n) is 3.81. The molecular formula is C17H10Br2. The SMILES string of the molecule is Brc1ccc2c(c1)Cc1ccc3c(Br)cccc3c1-2. The molecule has 0 aliphatic heterocycles. The van der Waals surface area contributed by atoms with E-state index >= 15 is 0 Å². The normalized spacial score (nSPS) is 12.5. The Morgan fingerprint density at radius 1 is 0.789 bits per heavy atom. The number of halogens is 2. The highest BCUT2D eigenvalue weighted by Crippen LogP contribution is 2.43. The molecule has 0 bridgehead atoms. The van der Waals surface area contributed by atoms with Crippen LogP contribution in [0.3, 0.4) is 0 Å². The van der Waals surface area contributed by atoms with Gasteiger partial charge >= 0.3 is 0 Å². The van der Waals surface area contributed by atoms with Crippen LogP contribution in [0.1, 0.15) is 11.1 Å². The Hall–Kier alpha value is -1.12. The summed E-state index contributed by atoms with van der Waals surface area (Å²) in [4.78, 5) is 0. The Bertz CT molecular complexity index is 819. The van der Waals surface area contributed by atoms with E-state index in [0.717, 1.165) is 10.9 Å². The molecule has 0 spiro atoms. The van der Waals surface area contributed by atoms with Crippen LogP contribution in [0.5, 0.6) is 0 Å². The van der Waals surface area contributed by atoms with Crippen molar-refractivity contribution in [2.45, 2.75) is 6.42 Å². The van der Waals surface area contributed by atoms with Crippen LogP contribution in [0.2, 0.25) is 0 Å². The number of fused-ring (bicyclic) bond motifs is 5. The van der Waals surface area contributed by atoms with Crippen molar-refractivity contribution in [1.29, 1.82) is 0 Å². The Labute approximate surface area is 128 Å². The number of hydrogen-bond acceptors (Lipinski definition) is 0. The smallest absolute Gasteiger partial charge is 0.0253 e. The number of hydrogen-bond donors (Lipinski definition) is 0. The average molecular weight is 374 g/mol. The highest BCUT2D eigenvalue weighted by molar-refractivity contribution is 9.11. The molecule has 92 valence electrons. The van der Waals surface area contributed by atoms with Crippen molar-refractivity contribution < 1.29 is 0 Å². The first-order valence-electron chi connectivity index (χ1n) is 6.23. The minimum Gasteiger partial charge on any atom is -0.0605 e. The van der Waals surface area contributed by atoms with E-state index < -0.39 is 0 Å². The maximum atomic E-state index is 3.65. The predicted octanol–water partition coefficient (Wildman–Crippen LogP) is 5.94. The second-order valence-corrected chi connectivity index (χ2v) is 6.68. The fourth-order valence-corrected chi connectivity index (χ4v) is 3.89. The first kappa shape index (κ1) is 11.7. The molecule has 0 heterocycles. The number of benzene rings is 3. The maximum absolute atomic E-state index is 3.65. The van der Waals surface area contributed by atoms with Crippen LogP contribution < -0.4 is 0 Å². The van der Waals surface area contributed by atoms with E-state index in [1.165, 1.54) is 37.5 Å². The standard InChI is InChI=1S/C17H10Br2/c18-12-5-7-13-11(9-12)8-10-4-6-14-15(17(10)13)2-1-3-16(14)19/h1-7,9H,8H2. The topological polar surface area (TPSA) is 0 Å². The second kappa shape index (κ2) is 4.19.